The molecule has 0 unspecified atom stereocenters. The molecular weight excluding hydrogens is 462 g/mol. The van der Waals surface area contributed by atoms with Crippen molar-refractivity contribution in [1.82, 2.24) is 4.90 Å². The Hall–Kier alpha value is -3.64. The number of nitrogens with zero attached hydrogens (tertiary/aromatic N) is 3. The van der Waals surface area contributed by atoms with Gasteiger partial charge in [0.25, 0.3) is 5.69 Å². The molecule has 34 heavy (non-hydrogen) atoms. The highest BCUT2D eigenvalue weighted by molar-refractivity contribution is 8.00. The van der Waals surface area contributed by atoms with Crippen LogP contribution in [0.4, 0.5) is 17.1 Å². The van der Waals surface area contributed by atoms with E-state index >= 15 is 0 Å². The first-order valence-corrected chi connectivity index (χ1v) is 11.4. The summed E-state index contributed by atoms with van der Waals surface area (Å²) in [5.74, 6) is -1.64. The molecule has 180 valence electrons. The molecule has 2 aromatic carbocycles. The molecule has 0 atom stereocenters. The van der Waals surface area contributed by atoms with Crippen LogP contribution in [0.2, 0.25) is 0 Å². The number of ether oxygens (including phenoxy) is 1. The maximum atomic E-state index is 12.4. The van der Waals surface area contributed by atoms with Crippen molar-refractivity contribution in [2.24, 2.45) is 5.73 Å². The number of nitro groups is 1. The second-order valence-electron chi connectivity index (χ2n) is 7.54. The van der Waals surface area contributed by atoms with Crippen molar-refractivity contribution in [2.75, 3.05) is 55.9 Å². The number of amides is 3. The summed E-state index contributed by atoms with van der Waals surface area (Å²) in [6.45, 7) is 2.82. The fourth-order valence-electron chi connectivity index (χ4n) is 3.27. The predicted octanol–water partition coefficient (Wildman–Crippen LogP) is 1.72. The Morgan fingerprint density at radius 1 is 1.18 bits per heavy atom. The first-order valence-electron chi connectivity index (χ1n) is 10.4. The van der Waals surface area contributed by atoms with Crippen molar-refractivity contribution in [2.45, 2.75) is 4.90 Å². The van der Waals surface area contributed by atoms with Crippen molar-refractivity contribution in [3.8, 4) is 0 Å². The maximum absolute atomic E-state index is 12.4. The van der Waals surface area contributed by atoms with Gasteiger partial charge in [-0.05, 0) is 36.4 Å². The zero-order valence-corrected chi connectivity index (χ0v) is 19.4. The van der Waals surface area contributed by atoms with Crippen LogP contribution in [-0.2, 0) is 14.3 Å². The summed E-state index contributed by atoms with van der Waals surface area (Å²) < 4.78 is 5.35. The highest BCUT2D eigenvalue weighted by atomic mass is 32.2. The van der Waals surface area contributed by atoms with Crippen LogP contribution in [0.3, 0.4) is 0 Å². The average Bonchev–Trinajstić information content (AvgIpc) is 2.83. The number of morpholine rings is 1. The summed E-state index contributed by atoms with van der Waals surface area (Å²) in [6, 6.07) is 11.3. The van der Waals surface area contributed by atoms with Crippen molar-refractivity contribution in [3.05, 3.63) is 58.1 Å². The number of primary amides is 1. The van der Waals surface area contributed by atoms with Gasteiger partial charge in [-0.15, -0.1) is 11.8 Å². The SMILES string of the molecule is CN(CC(=O)Nc1ccc(N2CCOCC2)cc1)C(=O)CSc1ccc(C(N)=O)cc1[N+](=O)[O-]. The number of thioether (sulfide) groups is 1. The second-order valence-corrected chi connectivity index (χ2v) is 8.55. The van der Waals surface area contributed by atoms with Crippen molar-refractivity contribution < 1.29 is 24.0 Å². The molecule has 0 saturated carbocycles. The number of anilines is 2. The Balaban J connectivity index is 1.51. The van der Waals surface area contributed by atoms with Crippen molar-refractivity contribution in [1.29, 1.82) is 0 Å². The van der Waals surface area contributed by atoms with E-state index in [-0.39, 0.29) is 40.3 Å². The Labute approximate surface area is 200 Å². The number of rotatable bonds is 9. The standard InChI is InChI=1S/C22H25N5O6S/c1-25(21(29)14-34-19-7-2-15(22(23)30)12-18(19)27(31)32)13-20(28)24-16-3-5-17(6-4-16)26-8-10-33-11-9-26/h2-7,12H,8-11,13-14H2,1H3,(H2,23,30)(H,24,28). The van der Waals surface area contributed by atoms with Gasteiger partial charge in [-0.25, -0.2) is 0 Å². The molecule has 1 saturated heterocycles. The molecule has 1 aliphatic heterocycles. The number of likely N-dealkylation sites (N-methyl/N-ethyl adjacent to an activating group) is 1. The normalized spacial score (nSPS) is 13.3. The smallest absolute Gasteiger partial charge is 0.283 e. The molecule has 0 aromatic heterocycles. The number of hydrogen-bond acceptors (Lipinski definition) is 8. The first-order chi connectivity index (χ1) is 16.2. The number of carbonyl (C=O) groups excluding carboxylic acids is 3. The van der Waals surface area contributed by atoms with E-state index in [1.54, 1.807) is 12.1 Å². The molecule has 12 heteroatoms. The summed E-state index contributed by atoms with van der Waals surface area (Å²) in [7, 11) is 1.48. The van der Waals surface area contributed by atoms with Crippen molar-refractivity contribution >= 4 is 46.5 Å². The number of hydrogen-bond donors (Lipinski definition) is 2. The molecular formula is C22H25N5O6S. The lowest BCUT2D eigenvalue weighted by atomic mass is 10.2. The van der Waals surface area contributed by atoms with Crippen LogP contribution in [0.1, 0.15) is 10.4 Å². The van der Waals surface area contributed by atoms with E-state index in [1.807, 2.05) is 12.1 Å². The van der Waals surface area contributed by atoms with E-state index < -0.39 is 10.8 Å². The number of nitrogens with one attached hydrogen (secondary N) is 1. The third-order valence-electron chi connectivity index (χ3n) is 5.13. The fraction of sp³-hybridized carbons (Fsp3) is 0.318. The third kappa shape index (κ3) is 6.68. The van der Waals surface area contributed by atoms with E-state index in [1.165, 1.54) is 24.1 Å². The molecule has 3 N–H and O–H groups in total. The number of nitro benzene ring substituents is 1. The molecule has 3 amide bonds. The van der Waals surface area contributed by atoms with Gasteiger partial charge in [-0.1, -0.05) is 0 Å². The molecule has 1 aliphatic rings. The van der Waals surface area contributed by atoms with Gasteiger partial charge in [0.2, 0.25) is 17.7 Å². The Morgan fingerprint density at radius 3 is 2.47 bits per heavy atom. The number of carbonyl (C=O) groups is 3. The van der Waals surface area contributed by atoms with E-state index in [2.05, 4.69) is 10.2 Å². The summed E-state index contributed by atoms with van der Waals surface area (Å²) in [4.78, 5) is 50.4. The zero-order valence-electron chi connectivity index (χ0n) is 18.6. The van der Waals surface area contributed by atoms with Gasteiger partial charge < -0.3 is 25.6 Å². The summed E-state index contributed by atoms with van der Waals surface area (Å²) in [6.07, 6.45) is 0. The van der Waals surface area contributed by atoms with Gasteiger partial charge in [-0.3, -0.25) is 24.5 Å². The second kappa shape index (κ2) is 11.5. The Bertz CT molecular complexity index is 1070. The molecule has 0 spiro atoms. The number of benzene rings is 2. The maximum Gasteiger partial charge on any atom is 0.283 e. The largest absolute Gasteiger partial charge is 0.378 e. The van der Waals surface area contributed by atoms with Crippen LogP contribution < -0.4 is 16.0 Å². The topological polar surface area (TPSA) is 148 Å². The van der Waals surface area contributed by atoms with Crippen LogP contribution in [-0.4, -0.2) is 73.2 Å². The lowest BCUT2D eigenvalue weighted by Crippen LogP contribution is -2.36. The van der Waals surface area contributed by atoms with E-state index in [0.717, 1.165) is 36.6 Å². The Kier molecular flexibility index (Phi) is 8.44. The fourth-order valence-corrected chi connectivity index (χ4v) is 4.21. The lowest BCUT2D eigenvalue weighted by molar-refractivity contribution is -0.387. The lowest BCUT2D eigenvalue weighted by Gasteiger charge is -2.28. The van der Waals surface area contributed by atoms with Gasteiger partial charge in [-0.2, -0.15) is 0 Å². The number of nitrogens with two attached hydrogens (primary N) is 1. The van der Waals surface area contributed by atoms with Crippen LogP contribution in [0, 0.1) is 10.1 Å². The average molecular weight is 488 g/mol. The van der Waals surface area contributed by atoms with Gasteiger partial charge >= 0.3 is 0 Å². The van der Waals surface area contributed by atoms with Gasteiger partial charge in [0, 0.05) is 43.1 Å². The minimum Gasteiger partial charge on any atom is -0.378 e. The summed E-state index contributed by atoms with van der Waals surface area (Å²) in [5.41, 5.74) is 6.52. The van der Waals surface area contributed by atoms with E-state index in [0.29, 0.717) is 18.9 Å². The molecule has 0 aliphatic carbocycles. The molecule has 3 rings (SSSR count). The van der Waals surface area contributed by atoms with Gasteiger partial charge in [0.15, 0.2) is 0 Å². The highest BCUT2D eigenvalue weighted by Crippen LogP contribution is 2.30. The third-order valence-corrected chi connectivity index (χ3v) is 6.17. The van der Waals surface area contributed by atoms with Crippen LogP contribution in [0.5, 0.6) is 0 Å². The van der Waals surface area contributed by atoms with Crippen LogP contribution in [0.15, 0.2) is 47.4 Å². The zero-order chi connectivity index (χ0) is 24.7. The first kappa shape index (κ1) is 25.0. The highest BCUT2D eigenvalue weighted by Gasteiger charge is 2.20. The molecule has 1 fully saturated rings. The molecule has 2 aromatic rings. The van der Waals surface area contributed by atoms with Crippen LogP contribution >= 0.6 is 11.8 Å². The molecule has 11 nitrogen and oxygen atoms in total. The molecule has 0 radical (unpaired) electrons. The summed E-state index contributed by atoms with van der Waals surface area (Å²) in [5, 5.41) is 14.0. The monoisotopic (exact) mass is 487 g/mol. The van der Waals surface area contributed by atoms with E-state index in [9.17, 15) is 24.5 Å². The predicted molar refractivity (Wildman–Crippen MR) is 128 cm³/mol. The van der Waals surface area contributed by atoms with Gasteiger partial charge in [0.05, 0.1) is 35.3 Å². The van der Waals surface area contributed by atoms with E-state index in [4.69, 9.17) is 10.5 Å². The van der Waals surface area contributed by atoms with Crippen molar-refractivity contribution in [3.63, 3.8) is 0 Å². The summed E-state index contributed by atoms with van der Waals surface area (Å²) >= 11 is 0.948. The van der Waals surface area contributed by atoms with Gasteiger partial charge in [0.1, 0.15) is 0 Å². The minimum atomic E-state index is -0.780. The quantitative estimate of drug-likeness (QED) is 0.309. The Morgan fingerprint density at radius 2 is 1.85 bits per heavy atom. The minimum absolute atomic E-state index is 0.00847. The molecule has 1 heterocycles. The van der Waals surface area contributed by atoms with Crippen LogP contribution in [0.25, 0.3) is 0 Å². The molecule has 0 bridgehead atoms.